The molecule has 0 radical (unpaired) electrons. The van der Waals surface area contributed by atoms with Crippen LogP contribution in [0.1, 0.15) is 25.1 Å². The maximum atomic E-state index is 11.3. The van der Waals surface area contributed by atoms with Gasteiger partial charge in [-0.2, -0.15) is 5.10 Å². The maximum Gasteiger partial charge on any atom is 0.252 e. The normalized spacial score (nSPS) is 11.1. The first-order valence-corrected chi connectivity index (χ1v) is 7.13. The summed E-state index contributed by atoms with van der Waals surface area (Å²) in [5, 5.41) is 4.09. The molecule has 1 aromatic carbocycles. The first-order chi connectivity index (χ1) is 10.5. The van der Waals surface area contributed by atoms with Gasteiger partial charge < -0.3 is 4.74 Å². The van der Waals surface area contributed by atoms with E-state index in [1.807, 2.05) is 24.3 Å². The summed E-state index contributed by atoms with van der Waals surface area (Å²) in [6.07, 6.45) is 1.64. The summed E-state index contributed by atoms with van der Waals surface area (Å²) in [6.45, 7) is 6.58. The molecule has 22 heavy (non-hydrogen) atoms. The van der Waals surface area contributed by atoms with E-state index in [1.54, 1.807) is 13.1 Å². The average molecular weight is 300 g/mol. The number of ether oxygens (including phenoxy) is 1. The van der Waals surface area contributed by atoms with E-state index in [-0.39, 0.29) is 5.56 Å². The molecule has 0 atom stereocenters. The molecule has 6 nitrogen and oxygen atoms in total. The maximum absolute atomic E-state index is 11.3. The Morgan fingerprint density at radius 1 is 1.41 bits per heavy atom. The molecular formula is C16H20N4O2. The number of H-pyrrole nitrogens is 1. The van der Waals surface area contributed by atoms with Crippen molar-refractivity contribution in [3.63, 3.8) is 0 Å². The third kappa shape index (κ3) is 4.73. The van der Waals surface area contributed by atoms with Gasteiger partial charge in [-0.05, 0) is 25.0 Å². The van der Waals surface area contributed by atoms with Crippen LogP contribution in [0.3, 0.4) is 0 Å². The van der Waals surface area contributed by atoms with Gasteiger partial charge in [0.25, 0.3) is 5.56 Å². The predicted octanol–water partition coefficient (Wildman–Crippen LogP) is 2.56. The van der Waals surface area contributed by atoms with E-state index < -0.39 is 0 Å². The highest BCUT2D eigenvalue weighted by molar-refractivity contribution is 5.83. The van der Waals surface area contributed by atoms with E-state index in [0.717, 1.165) is 11.3 Å². The highest BCUT2D eigenvalue weighted by Gasteiger charge is 2.02. The summed E-state index contributed by atoms with van der Waals surface area (Å²) in [5.41, 5.74) is 3.98. The van der Waals surface area contributed by atoms with E-state index in [1.165, 1.54) is 6.07 Å². The van der Waals surface area contributed by atoms with E-state index in [0.29, 0.717) is 24.2 Å². The first kappa shape index (κ1) is 15.8. The molecule has 2 N–H and O–H groups in total. The smallest absolute Gasteiger partial charge is 0.252 e. The Labute approximate surface area is 129 Å². The Hall–Kier alpha value is -2.63. The second-order valence-electron chi connectivity index (χ2n) is 5.35. The summed E-state index contributed by atoms with van der Waals surface area (Å²) >= 11 is 0. The summed E-state index contributed by atoms with van der Waals surface area (Å²) in [7, 11) is 0. The summed E-state index contributed by atoms with van der Waals surface area (Å²) < 4.78 is 5.75. The second kappa shape index (κ2) is 7.40. The number of hydrazone groups is 1. The van der Waals surface area contributed by atoms with Crippen LogP contribution < -0.4 is 15.7 Å². The van der Waals surface area contributed by atoms with Crippen LogP contribution in [-0.4, -0.2) is 22.8 Å². The van der Waals surface area contributed by atoms with Crippen LogP contribution in [-0.2, 0) is 0 Å². The molecule has 2 aromatic rings. The molecule has 0 aliphatic heterocycles. The minimum atomic E-state index is -0.217. The molecule has 116 valence electrons. The zero-order valence-corrected chi connectivity index (χ0v) is 13.0. The van der Waals surface area contributed by atoms with Gasteiger partial charge in [-0.25, -0.2) is 10.4 Å². The van der Waals surface area contributed by atoms with Crippen LogP contribution in [0.15, 0.2) is 40.2 Å². The third-order valence-electron chi connectivity index (χ3n) is 2.74. The predicted molar refractivity (Wildman–Crippen MR) is 87.6 cm³/mol. The Balaban J connectivity index is 2.08. The first-order valence-electron chi connectivity index (χ1n) is 7.13. The monoisotopic (exact) mass is 300 g/mol. The molecule has 2 rings (SSSR count). The minimum absolute atomic E-state index is 0.217. The van der Waals surface area contributed by atoms with E-state index in [4.69, 9.17) is 4.74 Å². The van der Waals surface area contributed by atoms with Crippen molar-refractivity contribution in [1.29, 1.82) is 0 Å². The standard InChI is InChI=1S/C16H20N4O2/c1-11(2)10-22-14-7-5-4-6-13(14)9-17-20-16-18-12(3)8-15(21)19-16/h4-9,11H,10H2,1-3H3,(H2,18,19,20,21)/b17-9-. The Kier molecular flexibility index (Phi) is 5.30. The molecule has 6 heteroatoms. The van der Waals surface area contributed by atoms with Gasteiger partial charge in [-0.15, -0.1) is 0 Å². The van der Waals surface area contributed by atoms with Gasteiger partial charge in [0.2, 0.25) is 5.95 Å². The number of hydrogen-bond donors (Lipinski definition) is 2. The van der Waals surface area contributed by atoms with Gasteiger partial charge in [0, 0.05) is 17.3 Å². The molecule has 0 amide bonds. The van der Waals surface area contributed by atoms with E-state index in [2.05, 4.69) is 34.3 Å². The molecule has 0 saturated carbocycles. The topological polar surface area (TPSA) is 79.4 Å². The number of anilines is 1. The number of rotatable bonds is 6. The summed E-state index contributed by atoms with van der Waals surface area (Å²) in [6, 6.07) is 9.06. The minimum Gasteiger partial charge on any atom is -0.493 e. The Morgan fingerprint density at radius 3 is 2.91 bits per heavy atom. The molecule has 0 fully saturated rings. The fraction of sp³-hybridized carbons (Fsp3) is 0.312. The van der Waals surface area contributed by atoms with Gasteiger partial charge in [0.15, 0.2) is 0 Å². The lowest BCUT2D eigenvalue weighted by Gasteiger charge is -2.10. The quantitative estimate of drug-likeness (QED) is 0.635. The zero-order chi connectivity index (χ0) is 15.9. The molecule has 0 unspecified atom stereocenters. The summed E-state index contributed by atoms with van der Waals surface area (Å²) in [4.78, 5) is 18.0. The molecule has 0 bridgehead atoms. The van der Waals surface area contributed by atoms with Crippen LogP contribution in [0.2, 0.25) is 0 Å². The molecule has 1 heterocycles. The fourth-order valence-electron chi connectivity index (χ4n) is 1.77. The van der Waals surface area contributed by atoms with Crippen molar-refractivity contribution >= 4 is 12.2 Å². The molecule has 0 saturated heterocycles. The largest absolute Gasteiger partial charge is 0.493 e. The van der Waals surface area contributed by atoms with Crippen molar-refractivity contribution < 1.29 is 4.74 Å². The fourth-order valence-corrected chi connectivity index (χ4v) is 1.77. The third-order valence-corrected chi connectivity index (χ3v) is 2.74. The van der Waals surface area contributed by atoms with Crippen molar-refractivity contribution in [3.05, 3.63) is 51.9 Å². The second-order valence-corrected chi connectivity index (χ2v) is 5.35. The van der Waals surface area contributed by atoms with Crippen LogP contribution >= 0.6 is 0 Å². The number of para-hydroxylation sites is 1. The highest BCUT2D eigenvalue weighted by Crippen LogP contribution is 2.16. The average Bonchev–Trinajstić information content (AvgIpc) is 2.45. The van der Waals surface area contributed by atoms with Crippen LogP contribution in [0.4, 0.5) is 5.95 Å². The number of benzene rings is 1. The molecule has 0 aliphatic rings. The summed E-state index contributed by atoms with van der Waals surface area (Å²) in [5.74, 6) is 1.53. The number of aromatic amines is 1. The number of nitrogens with zero attached hydrogens (tertiary/aromatic N) is 2. The Bertz CT molecular complexity index is 707. The van der Waals surface area contributed by atoms with Gasteiger partial charge >= 0.3 is 0 Å². The van der Waals surface area contributed by atoms with E-state index in [9.17, 15) is 4.79 Å². The van der Waals surface area contributed by atoms with Crippen LogP contribution in [0, 0.1) is 12.8 Å². The van der Waals surface area contributed by atoms with Crippen molar-refractivity contribution in [2.24, 2.45) is 11.0 Å². The molecule has 1 aromatic heterocycles. The molecule has 0 aliphatic carbocycles. The van der Waals surface area contributed by atoms with Gasteiger partial charge in [-0.1, -0.05) is 26.0 Å². The van der Waals surface area contributed by atoms with E-state index >= 15 is 0 Å². The number of nitrogens with one attached hydrogen (secondary N) is 2. The van der Waals surface area contributed by atoms with Crippen LogP contribution in [0.5, 0.6) is 5.75 Å². The number of aryl methyl sites for hydroxylation is 1. The number of aromatic nitrogens is 2. The van der Waals surface area contributed by atoms with Crippen molar-refractivity contribution in [1.82, 2.24) is 9.97 Å². The lowest BCUT2D eigenvalue weighted by Crippen LogP contribution is -2.10. The van der Waals surface area contributed by atoms with Crippen molar-refractivity contribution in [2.45, 2.75) is 20.8 Å². The SMILES string of the molecule is Cc1cc(=O)[nH]c(N/N=C\c2ccccc2OCC(C)C)n1. The Morgan fingerprint density at radius 2 is 2.18 bits per heavy atom. The molecular weight excluding hydrogens is 280 g/mol. The highest BCUT2D eigenvalue weighted by atomic mass is 16.5. The van der Waals surface area contributed by atoms with Crippen molar-refractivity contribution in [2.75, 3.05) is 12.0 Å². The van der Waals surface area contributed by atoms with Crippen LogP contribution in [0.25, 0.3) is 0 Å². The van der Waals surface area contributed by atoms with Gasteiger partial charge in [0.05, 0.1) is 12.8 Å². The number of hydrogen-bond acceptors (Lipinski definition) is 5. The zero-order valence-electron chi connectivity index (χ0n) is 13.0. The van der Waals surface area contributed by atoms with Crippen molar-refractivity contribution in [3.8, 4) is 5.75 Å². The lowest BCUT2D eigenvalue weighted by molar-refractivity contribution is 0.271. The van der Waals surface area contributed by atoms with Gasteiger partial charge in [0.1, 0.15) is 5.75 Å². The van der Waals surface area contributed by atoms with Gasteiger partial charge in [-0.3, -0.25) is 9.78 Å². The lowest BCUT2D eigenvalue weighted by atomic mass is 10.2. The molecule has 0 spiro atoms.